The zero-order valence-electron chi connectivity index (χ0n) is 17.7. The van der Waals surface area contributed by atoms with Gasteiger partial charge in [-0.15, -0.1) is 0 Å². The van der Waals surface area contributed by atoms with Crippen molar-refractivity contribution in [2.45, 2.75) is 19.4 Å². The fourth-order valence-corrected chi connectivity index (χ4v) is 3.07. The van der Waals surface area contributed by atoms with Crippen LogP contribution in [0.1, 0.15) is 35.4 Å². The highest BCUT2D eigenvalue weighted by Crippen LogP contribution is 2.25. The Morgan fingerprint density at radius 3 is 2.41 bits per heavy atom. The van der Waals surface area contributed by atoms with Crippen molar-refractivity contribution in [2.75, 3.05) is 18.5 Å². The summed E-state index contributed by atoms with van der Waals surface area (Å²) in [4.78, 5) is 23.9. The second kappa shape index (κ2) is 11.5. The molecule has 7 heteroatoms. The number of anilines is 1. The van der Waals surface area contributed by atoms with Crippen LogP contribution in [0.2, 0.25) is 0 Å². The zero-order chi connectivity index (χ0) is 22.8. The Morgan fingerprint density at radius 1 is 0.969 bits per heavy atom. The van der Waals surface area contributed by atoms with Crippen LogP contribution >= 0.6 is 0 Å². The van der Waals surface area contributed by atoms with Gasteiger partial charge in [-0.25, -0.2) is 14.0 Å². The number of halogens is 1. The van der Waals surface area contributed by atoms with Gasteiger partial charge in [0, 0.05) is 18.7 Å². The van der Waals surface area contributed by atoms with E-state index in [-0.39, 0.29) is 12.1 Å². The summed E-state index contributed by atoms with van der Waals surface area (Å²) in [6, 6.07) is 21.6. The molecule has 0 radical (unpaired) electrons. The molecule has 1 atom stereocenters. The van der Waals surface area contributed by atoms with Gasteiger partial charge in [0.2, 0.25) is 0 Å². The molecule has 2 N–H and O–H groups in total. The largest absolute Gasteiger partial charge is 0.486 e. The minimum absolute atomic E-state index is 0.312. The third-order valence-corrected chi connectivity index (χ3v) is 4.59. The molecule has 0 aliphatic carbocycles. The summed E-state index contributed by atoms with van der Waals surface area (Å²) >= 11 is 0. The molecule has 166 valence electrons. The van der Waals surface area contributed by atoms with E-state index in [1.165, 1.54) is 18.2 Å². The Kier molecular flexibility index (Phi) is 8.20. The maximum Gasteiger partial charge on any atom is 0.338 e. The molecule has 0 saturated heterocycles. The Bertz CT molecular complexity index is 1030. The van der Waals surface area contributed by atoms with Crippen LogP contribution < -0.4 is 15.4 Å². The van der Waals surface area contributed by atoms with Crippen LogP contribution in [-0.4, -0.2) is 25.2 Å². The van der Waals surface area contributed by atoms with E-state index < -0.39 is 11.8 Å². The van der Waals surface area contributed by atoms with Crippen LogP contribution in [0.25, 0.3) is 0 Å². The Labute approximate surface area is 186 Å². The predicted octanol–water partition coefficient (Wildman–Crippen LogP) is 5.33. The molecule has 0 fully saturated rings. The summed E-state index contributed by atoms with van der Waals surface area (Å²) in [5.74, 6) is -0.211. The summed E-state index contributed by atoms with van der Waals surface area (Å²) in [7, 11) is 0. The quantitative estimate of drug-likeness (QED) is 0.444. The lowest BCUT2D eigenvalue weighted by molar-refractivity contribution is 0.0526. The van der Waals surface area contributed by atoms with E-state index in [0.717, 1.165) is 5.56 Å². The highest BCUT2D eigenvalue weighted by molar-refractivity contribution is 5.89. The predicted molar refractivity (Wildman–Crippen MR) is 120 cm³/mol. The van der Waals surface area contributed by atoms with Gasteiger partial charge in [0.05, 0.1) is 12.2 Å². The van der Waals surface area contributed by atoms with Crippen molar-refractivity contribution in [3.8, 4) is 5.75 Å². The molecule has 32 heavy (non-hydrogen) atoms. The van der Waals surface area contributed by atoms with E-state index in [4.69, 9.17) is 9.47 Å². The van der Waals surface area contributed by atoms with E-state index in [1.54, 1.807) is 37.3 Å². The van der Waals surface area contributed by atoms with E-state index >= 15 is 0 Å². The summed E-state index contributed by atoms with van der Waals surface area (Å²) in [5.41, 5.74) is 1.78. The second-order valence-electron chi connectivity index (χ2n) is 6.94. The number of amides is 2. The molecule has 0 bridgehead atoms. The van der Waals surface area contributed by atoms with Gasteiger partial charge in [0.15, 0.2) is 0 Å². The van der Waals surface area contributed by atoms with Crippen LogP contribution in [0.4, 0.5) is 14.9 Å². The molecule has 6 nitrogen and oxygen atoms in total. The molecule has 0 aromatic heterocycles. The maximum absolute atomic E-state index is 13.3. The van der Waals surface area contributed by atoms with Gasteiger partial charge in [-0.1, -0.05) is 36.4 Å². The molecular formula is C25H25FN2O4. The van der Waals surface area contributed by atoms with Crippen molar-refractivity contribution in [3.05, 3.63) is 95.8 Å². The normalized spacial score (nSPS) is 11.3. The lowest BCUT2D eigenvalue weighted by atomic mass is 10.1. The first-order chi connectivity index (χ1) is 15.5. The molecule has 0 heterocycles. The van der Waals surface area contributed by atoms with Crippen molar-refractivity contribution >= 4 is 17.7 Å². The fourth-order valence-electron chi connectivity index (χ4n) is 3.07. The first-order valence-corrected chi connectivity index (χ1v) is 10.3. The molecule has 2 amide bonds. The Balaban J connectivity index is 1.60. The highest BCUT2D eigenvalue weighted by atomic mass is 19.1. The number of urea groups is 1. The van der Waals surface area contributed by atoms with E-state index in [0.29, 0.717) is 36.6 Å². The monoisotopic (exact) mass is 436 g/mol. The maximum atomic E-state index is 13.3. The summed E-state index contributed by atoms with van der Waals surface area (Å²) in [6.45, 7) is 2.40. The Morgan fingerprint density at radius 2 is 1.72 bits per heavy atom. The molecule has 0 aliphatic heterocycles. The average molecular weight is 436 g/mol. The van der Waals surface area contributed by atoms with E-state index in [9.17, 15) is 14.0 Å². The van der Waals surface area contributed by atoms with Crippen molar-refractivity contribution < 1.29 is 23.5 Å². The number of carbonyl (C=O) groups is 2. The van der Waals surface area contributed by atoms with Crippen LogP contribution in [-0.2, 0) is 4.74 Å². The first kappa shape index (κ1) is 22.8. The number of esters is 1. The van der Waals surface area contributed by atoms with Crippen molar-refractivity contribution in [1.29, 1.82) is 0 Å². The van der Waals surface area contributed by atoms with Crippen molar-refractivity contribution in [3.63, 3.8) is 0 Å². The van der Waals surface area contributed by atoms with Gasteiger partial charge in [-0.05, 0) is 55.0 Å². The third kappa shape index (κ3) is 6.84. The third-order valence-electron chi connectivity index (χ3n) is 4.59. The minimum atomic E-state index is -0.429. The van der Waals surface area contributed by atoms with Gasteiger partial charge < -0.3 is 20.1 Å². The van der Waals surface area contributed by atoms with Gasteiger partial charge in [-0.2, -0.15) is 0 Å². The minimum Gasteiger partial charge on any atom is -0.486 e. The van der Waals surface area contributed by atoms with E-state index in [1.807, 2.05) is 30.3 Å². The average Bonchev–Trinajstić information content (AvgIpc) is 2.79. The molecular weight excluding hydrogens is 411 g/mol. The van der Waals surface area contributed by atoms with Crippen LogP contribution in [0.5, 0.6) is 5.75 Å². The fraction of sp³-hybridized carbons (Fsp3) is 0.200. The van der Waals surface area contributed by atoms with Gasteiger partial charge >= 0.3 is 12.0 Å². The molecule has 1 unspecified atom stereocenters. The number of hydrogen-bond acceptors (Lipinski definition) is 4. The number of benzene rings is 3. The topological polar surface area (TPSA) is 76.7 Å². The van der Waals surface area contributed by atoms with Gasteiger partial charge in [0.1, 0.15) is 17.7 Å². The molecule has 3 aromatic rings. The van der Waals surface area contributed by atoms with E-state index in [2.05, 4.69) is 10.6 Å². The number of rotatable bonds is 9. The first-order valence-electron chi connectivity index (χ1n) is 10.3. The molecule has 0 saturated carbocycles. The molecule has 0 aliphatic rings. The smallest absolute Gasteiger partial charge is 0.338 e. The van der Waals surface area contributed by atoms with Crippen molar-refractivity contribution in [2.24, 2.45) is 0 Å². The number of nitrogens with one attached hydrogen (secondary N) is 2. The van der Waals surface area contributed by atoms with Gasteiger partial charge in [-0.3, -0.25) is 0 Å². The molecule has 3 aromatic carbocycles. The number of hydrogen-bond donors (Lipinski definition) is 2. The summed E-state index contributed by atoms with van der Waals surface area (Å²) in [6.07, 6.45) is 0.180. The molecule has 3 rings (SSSR count). The number of carbonyl (C=O) groups excluding carboxylic acids is 2. The van der Waals surface area contributed by atoms with Crippen LogP contribution in [0.3, 0.4) is 0 Å². The van der Waals surface area contributed by atoms with Crippen molar-refractivity contribution in [1.82, 2.24) is 5.32 Å². The second-order valence-corrected chi connectivity index (χ2v) is 6.94. The SMILES string of the molecule is CCOC(=O)c1ccc(OC(CCNC(=O)Nc2cccc(F)c2)c2ccccc2)cc1. The zero-order valence-corrected chi connectivity index (χ0v) is 17.7. The summed E-state index contributed by atoms with van der Waals surface area (Å²) < 4.78 is 24.4. The van der Waals surface area contributed by atoms with Crippen LogP contribution in [0.15, 0.2) is 78.9 Å². The lowest BCUT2D eigenvalue weighted by Gasteiger charge is -2.20. The molecule has 0 spiro atoms. The van der Waals surface area contributed by atoms with Crippen LogP contribution in [0, 0.1) is 5.82 Å². The number of ether oxygens (including phenoxy) is 2. The highest BCUT2D eigenvalue weighted by Gasteiger charge is 2.15. The summed E-state index contributed by atoms with van der Waals surface area (Å²) in [5, 5.41) is 5.36. The van der Waals surface area contributed by atoms with Gasteiger partial charge in [0.25, 0.3) is 0 Å². The lowest BCUT2D eigenvalue weighted by Crippen LogP contribution is -2.30. The Hall–Kier alpha value is -3.87. The standard InChI is InChI=1S/C25H25FN2O4/c1-2-31-24(29)19-11-13-22(14-12-19)32-23(18-7-4-3-5-8-18)15-16-27-25(30)28-21-10-6-9-20(26)17-21/h3-14,17,23H,2,15-16H2,1H3,(H2,27,28,30).